The van der Waals surface area contributed by atoms with Crippen LogP contribution in [0.1, 0.15) is 24.0 Å². The Labute approximate surface area is 117 Å². The highest BCUT2D eigenvalue weighted by molar-refractivity contribution is 5.80. The fourth-order valence-corrected chi connectivity index (χ4v) is 2.05. The number of carbonyl (C=O) groups is 1. The van der Waals surface area contributed by atoms with Gasteiger partial charge in [-0.3, -0.25) is 14.9 Å². The van der Waals surface area contributed by atoms with Crippen molar-refractivity contribution in [2.75, 3.05) is 13.1 Å². The fraction of sp³-hybridized carbons (Fsp3) is 0.500. The Hall–Kier alpha value is -1.95. The summed E-state index contributed by atoms with van der Waals surface area (Å²) in [6, 6.07) is 5.07. The van der Waals surface area contributed by atoms with Gasteiger partial charge in [0, 0.05) is 37.2 Å². The minimum absolute atomic E-state index is 0.137. The van der Waals surface area contributed by atoms with Crippen molar-refractivity contribution in [2.24, 2.45) is 5.92 Å². The predicted octanol–water partition coefficient (Wildman–Crippen LogP) is 1.52. The number of nitro benzene ring substituents is 1. The first-order valence-corrected chi connectivity index (χ1v) is 6.81. The van der Waals surface area contributed by atoms with Crippen LogP contribution in [0.2, 0.25) is 0 Å². The molecule has 0 spiro atoms. The predicted molar refractivity (Wildman–Crippen MR) is 75.3 cm³/mol. The van der Waals surface area contributed by atoms with Gasteiger partial charge in [-0.2, -0.15) is 0 Å². The van der Waals surface area contributed by atoms with E-state index in [9.17, 15) is 14.9 Å². The van der Waals surface area contributed by atoms with Crippen molar-refractivity contribution in [1.29, 1.82) is 0 Å². The number of carbonyl (C=O) groups excluding carboxylic acids is 1. The zero-order chi connectivity index (χ0) is 14.5. The van der Waals surface area contributed by atoms with E-state index < -0.39 is 0 Å². The molecule has 0 radical (unpaired) electrons. The molecule has 1 aromatic carbocycles. The van der Waals surface area contributed by atoms with Crippen molar-refractivity contribution in [3.8, 4) is 0 Å². The molecule has 0 aliphatic heterocycles. The van der Waals surface area contributed by atoms with Crippen molar-refractivity contribution in [2.45, 2.75) is 26.3 Å². The van der Waals surface area contributed by atoms with E-state index in [1.807, 2.05) is 6.07 Å². The molecule has 20 heavy (non-hydrogen) atoms. The second-order valence-electron chi connectivity index (χ2n) is 5.06. The van der Waals surface area contributed by atoms with Crippen molar-refractivity contribution < 1.29 is 9.72 Å². The number of amides is 1. The second kappa shape index (κ2) is 6.47. The van der Waals surface area contributed by atoms with Gasteiger partial charge in [0.25, 0.3) is 5.69 Å². The maximum absolute atomic E-state index is 11.4. The lowest BCUT2D eigenvalue weighted by Gasteiger charge is -2.09. The van der Waals surface area contributed by atoms with Gasteiger partial charge in [0.15, 0.2) is 0 Å². The van der Waals surface area contributed by atoms with Crippen LogP contribution in [0.25, 0.3) is 0 Å². The number of hydrogen-bond donors (Lipinski definition) is 2. The van der Waals surface area contributed by atoms with E-state index in [1.54, 1.807) is 13.0 Å². The Balaban J connectivity index is 1.75. The Morgan fingerprint density at radius 1 is 1.40 bits per heavy atom. The van der Waals surface area contributed by atoms with Crippen molar-refractivity contribution >= 4 is 11.6 Å². The van der Waals surface area contributed by atoms with Gasteiger partial charge in [-0.15, -0.1) is 0 Å². The molecule has 1 amide bonds. The first-order chi connectivity index (χ1) is 9.59. The first kappa shape index (κ1) is 14.5. The molecule has 6 heteroatoms. The van der Waals surface area contributed by atoms with Gasteiger partial charge in [-0.25, -0.2) is 0 Å². The molecule has 2 N–H and O–H groups in total. The molecule has 1 saturated carbocycles. The van der Waals surface area contributed by atoms with Gasteiger partial charge in [-0.1, -0.05) is 12.1 Å². The number of hydrogen-bond acceptors (Lipinski definition) is 4. The fourth-order valence-electron chi connectivity index (χ4n) is 2.05. The molecule has 0 unspecified atom stereocenters. The lowest BCUT2D eigenvalue weighted by molar-refractivity contribution is -0.385. The maximum Gasteiger partial charge on any atom is 0.272 e. The van der Waals surface area contributed by atoms with E-state index in [0.717, 1.165) is 18.4 Å². The zero-order valence-electron chi connectivity index (χ0n) is 11.5. The molecule has 2 rings (SSSR count). The summed E-state index contributed by atoms with van der Waals surface area (Å²) < 4.78 is 0. The van der Waals surface area contributed by atoms with Crippen LogP contribution < -0.4 is 10.6 Å². The molecular weight excluding hydrogens is 258 g/mol. The van der Waals surface area contributed by atoms with E-state index in [2.05, 4.69) is 10.6 Å². The number of nitrogens with one attached hydrogen (secondary N) is 2. The van der Waals surface area contributed by atoms with Gasteiger partial charge in [0.1, 0.15) is 0 Å². The van der Waals surface area contributed by atoms with Crippen LogP contribution >= 0.6 is 0 Å². The zero-order valence-corrected chi connectivity index (χ0v) is 11.5. The third kappa shape index (κ3) is 3.77. The quantitative estimate of drug-likeness (QED) is 0.449. The molecule has 0 aromatic heterocycles. The van der Waals surface area contributed by atoms with E-state index >= 15 is 0 Å². The normalized spacial score (nSPS) is 14.1. The standard InChI is InChI=1S/C14H19N3O3/c1-10-12(3-2-4-13(10)17(19)20)9-15-7-8-16-14(18)11-5-6-11/h2-4,11,15H,5-9H2,1H3,(H,16,18). The van der Waals surface area contributed by atoms with Gasteiger partial charge in [-0.05, 0) is 25.3 Å². The van der Waals surface area contributed by atoms with Crippen molar-refractivity contribution in [3.05, 3.63) is 39.4 Å². The SMILES string of the molecule is Cc1c(CNCCNC(=O)C2CC2)cccc1[N+](=O)[O-]. The van der Waals surface area contributed by atoms with E-state index in [-0.39, 0.29) is 22.4 Å². The highest BCUT2D eigenvalue weighted by Gasteiger charge is 2.28. The molecule has 6 nitrogen and oxygen atoms in total. The van der Waals surface area contributed by atoms with Crippen LogP contribution in [-0.4, -0.2) is 23.9 Å². The molecule has 108 valence electrons. The molecule has 0 bridgehead atoms. The monoisotopic (exact) mass is 277 g/mol. The second-order valence-corrected chi connectivity index (χ2v) is 5.06. The van der Waals surface area contributed by atoms with Gasteiger partial charge >= 0.3 is 0 Å². The molecule has 1 aliphatic rings. The summed E-state index contributed by atoms with van der Waals surface area (Å²) in [5.74, 6) is 0.368. The third-order valence-corrected chi connectivity index (χ3v) is 3.48. The van der Waals surface area contributed by atoms with E-state index in [0.29, 0.717) is 25.2 Å². The summed E-state index contributed by atoms with van der Waals surface area (Å²) in [7, 11) is 0. The van der Waals surface area contributed by atoms with Crippen LogP contribution in [0.5, 0.6) is 0 Å². The molecule has 0 saturated heterocycles. The first-order valence-electron chi connectivity index (χ1n) is 6.81. The average Bonchev–Trinajstić information content (AvgIpc) is 3.24. The largest absolute Gasteiger partial charge is 0.355 e. The van der Waals surface area contributed by atoms with Gasteiger partial charge in [0.2, 0.25) is 5.91 Å². The topological polar surface area (TPSA) is 84.3 Å². The van der Waals surface area contributed by atoms with Crippen LogP contribution in [0.3, 0.4) is 0 Å². The Morgan fingerprint density at radius 3 is 2.80 bits per heavy atom. The average molecular weight is 277 g/mol. The summed E-state index contributed by atoms with van der Waals surface area (Å²) in [5, 5.41) is 16.9. The molecule has 0 heterocycles. The highest BCUT2D eigenvalue weighted by atomic mass is 16.6. The van der Waals surface area contributed by atoms with Crippen molar-refractivity contribution in [3.63, 3.8) is 0 Å². The van der Waals surface area contributed by atoms with Crippen LogP contribution in [0, 0.1) is 23.0 Å². The van der Waals surface area contributed by atoms with Crippen LogP contribution in [-0.2, 0) is 11.3 Å². The number of nitro groups is 1. The maximum atomic E-state index is 11.4. The molecule has 1 aliphatic carbocycles. The summed E-state index contributed by atoms with van der Waals surface area (Å²) in [5.41, 5.74) is 1.74. The lowest BCUT2D eigenvalue weighted by Crippen LogP contribution is -2.32. The summed E-state index contributed by atoms with van der Waals surface area (Å²) in [4.78, 5) is 21.9. The minimum atomic E-state index is -0.366. The van der Waals surface area contributed by atoms with Gasteiger partial charge in [0.05, 0.1) is 4.92 Å². The van der Waals surface area contributed by atoms with E-state index in [1.165, 1.54) is 6.07 Å². The smallest absolute Gasteiger partial charge is 0.272 e. The summed E-state index contributed by atoms with van der Waals surface area (Å²) in [6.07, 6.45) is 2.01. The lowest BCUT2D eigenvalue weighted by atomic mass is 10.1. The van der Waals surface area contributed by atoms with E-state index in [4.69, 9.17) is 0 Å². The molecule has 1 aromatic rings. The minimum Gasteiger partial charge on any atom is -0.355 e. The molecule has 0 atom stereocenters. The van der Waals surface area contributed by atoms with Gasteiger partial charge < -0.3 is 10.6 Å². The highest BCUT2D eigenvalue weighted by Crippen LogP contribution is 2.28. The van der Waals surface area contributed by atoms with Crippen LogP contribution in [0.4, 0.5) is 5.69 Å². The molecule has 1 fully saturated rings. The number of benzene rings is 1. The Kier molecular flexibility index (Phi) is 4.68. The number of rotatable bonds is 7. The van der Waals surface area contributed by atoms with Crippen LogP contribution in [0.15, 0.2) is 18.2 Å². The summed E-state index contributed by atoms with van der Waals surface area (Å²) in [6.45, 7) is 3.56. The Bertz CT molecular complexity index is 512. The summed E-state index contributed by atoms with van der Waals surface area (Å²) >= 11 is 0. The third-order valence-electron chi connectivity index (χ3n) is 3.48. The Morgan fingerprint density at radius 2 is 2.15 bits per heavy atom. The van der Waals surface area contributed by atoms with Crippen molar-refractivity contribution in [1.82, 2.24) is 10.6 Å². The number of nitrogens with zero attached hydrogens (tertiary/aromatic N) is 1. The molecular formula is C14H19N3O3.